The average molecular weight is 356 g/mol. The zero-order valence-electron chi connectivity index (χ0n) is 13.1. The summed E-state index contributed by atoms with van der Waals surface area (Å²) in [6.45, 7) is 0. The van der Waals surface area contributed by atoms with Crippen molar-refractivity contribution in [3.63, 3.8) is 0 Å². The number of nitriles is 1. The molecule has 3 aromatic rings. The molecule has 0 saturated heterocycles. The van der Waals surface area contributed by atoms with E-state index in [1.54, 1.807) is 12.1 Å². The molecular weight excluding hydrogens is 345 g/mol. The molecule has 0 amide bonds. The van der Waals surface area contributed by atoms with E-state index in [1.807, 2.05) is 6.07 Å². The van der Waals surface area contributed by atoms with Crippen molar-refractivity contribution in [2.24, 2.45) is 0 Å². The minimum atomic E-state index is -4.42. The van der Waals surface area contributed by atoms with Crippen molar-refractivity contribution in [3.05, 3.63) is 64.8 Å². The van der Waals surface area contributed by atoms with Crippen LogP contribution in [-0.2, 0) is 6.18 Å². The lowest BCUT2D eigenvalue weighted by atomic mass is 10.0. The van der Waals surface area contributed by atoms with Crippen molar-refractivity contribution < 1.29 is 18.3 Å². The Morgan fingerprint density at radius 2 is 1.92 bits per heavy atom. The summed E-state index contributed by atoms with van der Waals surface area (Å²) in [4.78, 5) is 0. The molecule has 1 heterocycles. The second-order valence-corrected chi connectivity index (χ2v) is 5.38. The highest BCUT2D eigenvalue weighted by Crippen LogP contribution is 2.31. The summed E-state index contributed by atoms with van der Waals surface area (Å²) in [6.07, 6.45) is -1.48. The van der Waals surface area contributed by atoms with Gasteiger partial charge >= 0.3 is 6.18 Å². The molecule has 5 nitrogen and oxygen atoms in total. The van der Waals surface area contributed by atoms with E-state index in [0.29, 0.717) is 22.4 Å². The first kappa shape index (κ1) is 17.2. The van der Waals surface area contributed by atoms with Gasteiger partial charge in [-0.15, -0.1) is 5.10 Å². The third-order valence-corrected chi connectivity index (χ3v) is 3.63. The molecule has 0 aliphatic rings. The molecule has 26 heavy (non-hydrogen) atoms. The highest BCUT2D eigenvalue weighted by molar-refractivity contribution is 5.76. The maximum atomic E-state index is 12.8. The van der Waals surface area contributed by atoms with Gasteiger partial charge in [0.1, 0.15) is 17.5 Å². The SMILES string of the molecule is N#Cc1[nH]nnc1-c1ccc(O)c(/C=C/c2cccc(C(F)(F)F)c2)c1. The van der Waals surface area contributed by atoms with Crippen LogP contribution >= 0.6 is 0 Å². The molecule has 0 unspecified atom stereocenters. The minimum absolute atomic E-state index is 0.0565. The maximum absolute atomic E-state index is 12.8. The number of aromatic nitrogens is 3. The Morgan fingerprint density at radius 1 is 1.12 bits per heavy atom. The summed E-state index contributed by atoms with van der Waals surface area (Å²) >= 11 is 0. The van der Waals surface area contributed by atoms with Crippen LogP contribution in [0.25, 0.3) is 23.4 Å². The molecule has 0 radical (unpaired) electrons. The number of nitrogens with zero attached hydrogens (tertiary/aromatic N) is 3. The van der Waals surface area contributed by atoms with Gasteiger partial charge in [-0.3, -0.25) is 0 Å². The van der Waals surface area contributed by atoms with Gasteiger partial charge in [0, 0.05) is 11.1 Å². The summed E-state index contributed by atoms with van der Waals surface area (Å²) in [5, 5.41) is 28.8. The fourth-order valence-corrected chi connectivity index (χ4v) is 2.35. The zero-order valence-corrected chi connectivity index (χ0v) is 13.1. The number of hydrogen-bond acceptors (Lipinski definition) is 4. The van der Waals surface area contributed by atoms with Gasteiger partial charge in [0.05, 0.1) is 5.56 Å². The first-order valence-corrected chi connectivity index (χ1v) is 7.38. The number of benzene rings is 2. The highest BCUT2D eigenvalue weighted by Gasteiger charge is 2.30. The lowest BCUT2D eigenvalue weighted by Gasteiger charge is -2.07. The Morgan fingerprint density at radius 3 is 2.65 bits per heavy atom. The van der Waals surface area contributed by atoms with Gasteiger partial charge in [0.2, 0.25) is 0 Å². The molecule has 0 fully saturated rings. The molecule has 0 atom stereocenters. The van der Waals surface area contributed by atoms with Gasteiger partial charge in [0.25, 0.3) is 0 Å². The van der Waals surface area contributed by atoms with E-state index in [-0.39, 0.29) is 11.4 Å². The predicted octanol–water partition coefficient (Wildman–Crippen LogP) is 4.24. The molecule has 130 valence electrons. The molecule has 1 aromatic heterocycles. The van der Waals surface area contributed by atoms with Crippen LogP contribution in [0.5, 0.6) is 5.75 Å². The fourth-order valence-electron chi connectivity index (χ4n) is 2.35. The van der Waals surface area contributed by atoms with Crippen LogP contribution in [0.2, 0.25) is 0 Å². The number of nitrogens with one attached hydrogen (secondary N) is 1. The number of phenols is 1. The number of aromatic hydroxyl groups is 1. The second kappa shape index (κ2) is 6.72. The number of rotatable bonds is 3. The normalized spacial score (nSPS) is 11.6. The Labute approximate surface area is 146 Å². The largest absolute Gasteiger partial charge is 0.507 e. The van der Waals surface area contributed by atoms with Crippen LogP contribution in [0.15, 0.2) is 42.5 Å². The summed E-state index contributed by atoms with van der Waals surface area (Å²) in [7, 11) is 0. The standard InChI is InChI=1S/C18H11F3N4O/c19-18(20,21)14-3-1-2-11(8-14)4-5-12-9-13(6-7-16(12)26)17-15(10-22)23-25-24-17/h1-9,26H,(H,23,24,25)/b5-4+. The van der Waals surface area contributed by atoms with Crippen LogP contribution < -0.4 is 0 Å². The predicted molar refractivity (Wildman–Crippen MR) is 88.6 cm³/mol. The van der Waals surface area contributed by atoms with Gasteiger partial charge in [0.15, 0.2) is 5.69 Å². The first-order chi connectivity index (χ1) is 12.4. The van der Waals surface area contributed by atoms with Crippen LogP contribution in [0.1, 0.15) is 22.4 Å². The van der Waals surface area contributed by atoms with Crippen LogP contribution in [0, 0.1) is 11.3 Å². The molecule has 8 heteroatoms. The van der Waals surface area contributed by atoms with E-state index in [0.717, 1.165) is 12.1 Å². The van der Waals surface area contributed by atoms with Crippen LogP contribution in [0.4, 0.5) is 13.2 Å². The summed E-state index contributed by atoms with van der Waals surface area (Å²) < 4.78 is 38.3. The number of H-pyrrole nitrogens is 1. The number of phenolic OH excluding ortho intramolecular Hbond substituents is 1. The van der Waals surface area contributed by atoms with E-state index >= 15 is 0 Å². The van der Waals surface area contributed by atoms with E-state index in [4.69, 9.17) is 5.26 Å². The lowest BCUT2D eigenvalue weighted by molar-refractivity contribution is -0.137. The lowest BCUT2D eigenvalue weighted by Crippen LogP contribution is -2.04. The number of alkyl halides is 3. The first-order valence-electron chi connectivity index (χ1n) is 7.38. The number of halogens is 3. The Bertz CT molecular complexity index is 1020. The van der Waals surface area contributed by atoms with Crippen LogP contribution in [0.3, 0.4) is 0 Å². The molecule has 2 N–H and O–H groups in total. The average Bonchev–Trinajstić information content (AvgIpc) is 3.09. The van der Waals surface area contributed by atoms with Gasteiger partial charge < -0.3 is 5.11 Å². The number of hydrogen-bond donors (Lipinski definition) is 2. The smallest absolute Gasteiger partial charge is 0.416 e. The van der Waals surface area contributed by atoms with Crippen molar-refractivity contribution in [2.75, 3.05) is 0 Å². The molecule has 0 saturated carbocycles. The topological polar surface area (TPSA) is 85.6 Å². The van der Waals surface area contributed by atoms with Gasteiger partial charge in [-0.1, -0.05) is 29.5 Å². The quantitative estimate of drug-likeness (QED) is 0.688. The molecule has 3 rings (SSSR count). The van der Waals surface area contributed by atoms with E-state index in [1.165, 1.54) is 30.4 Å². The van der Waals surface area contributed by atoms with E-state index in [9.17, 15) is 18.3 Å². The van der Waals surface area contributed by atoms with Gasteiger partial charge in [-0.05, 0) is 35.9 Å². The molecule has 0 aliphatic carbocycles. The fraction of sp³-hybridized carbons (Fsp3) is 0.0556. The molecule has 2 aromatic carbocycles. The molecule has 0 bridgehead atoms. The van der Waals surface area contributed by atoms with Gasteiger partial charge in [-0.2, -0.15) is 18.4 Å². The summed E-state index contributed by atoms with van der Waals surface area (Å²) in [6, 6.07) is 11.3. The molecular formula is C18H11F3N4O. The highest BCUT2D eigenvalue weighted by atomic mass is 19.4. The summed E-state index contributed by atoms with van der Waals surface area (Å²) in [5.74, 6) is -0.0565. The van der Waals surface area contributed by atoms with Crippen molar-refractivity contribution in [2.45, 2.75) is 6.18 Å². The second-order valence-electron chi connectivity index (χ2n) is 5.38. The monoisotopic (exact) mass is 356 g/mol. The minimum Gasteiger partial charge on any atom is -0.507 e. The van der Waals surface area contributed by atoms with Gasteiger partial charge in [-0.25, -0.2) is 5.10 Å². The van der Waals surface area contributed by atoms with Crippen LogP contribution in [-0.4, -0.2) is 20.5 Å². The van der Waals surface area contributed by atoms with E-state index in [2.05, 4.69) is 15.4 Å². The van der Waals surface area contributed by atoms with Crippen molar-refractivity contribution in [1.82, 2.24) is 15.4 Å². The third-order valence-electron chi connectivity index (χ3n) is 3.63. The maximum Gasteiger partial charge on any atom is 0.416 e. The van der Waals surface area contributed by atoms with Crippen molar-refractivity contribution in [3.8, 4) is 23.1 Å². The molecule has 0 spiro atoms. The Balaban J connectivity index is 1.94. The zero-order chi connectivity index (χ0) is 18.7. The Hall–Kier alpha value is -3.60. The third kappa shape index (κ3) is 3.57. The molecule has 0 aliphatic heterocycles. The van der Waals surface area contributed by atoms with Crippen molar-refractivity contribution in [1.29, 1.82) is 5.26 Å². The van der Waals surface area contributed by atoms with E-state index < -0.39 is 11.7 Å². The number of aromatic amines is 1. The summed E-state index contributed by atoms with van der Waals surface area (Å²) in [5.41, 5.74) is 0.982. The Kier molecular flexibility index (Phi) is 4.45. The van der Waals surface area contributed by atoms with Crippen molar-refractivity contribution >= 4 is 12.2 Å².